The molecule has 0 saturated carbocycles. The summed E-state index contributed by atoms with van der Waals surface area (Å²) >= 11 is 0. The van der Waals surface area contributed by atoms with Crippen LogP contribution in [-0.4, -0.2) is 103 Å². The number of phosphoric ester groups is 2. The largest absolute Gasteiger partial charge is 1.00 e. The fraction of sp³-hybridized carbons (Fsp3) is 0.706. The van der Waals surface area contributed by atoms with E-state index in [1.807, 2.05) is 4.98 Å². The standard InChI is InChI=1S/C17H27N3O17P2.2Na/c1-6(22)18-10-13(26)11(24)7(4-21)35-16(10)36-39(31,32)37-38(29,30)33-5-8-12(25)14(27)15(34-8)20-3-2-9(23)19-17(20)28;;/h2-3,7-8,10-16,21,24-27H,4-5H2,1H3,(H,18,22)(H,29,30)(H,31,32)(H,19,23,28);;/q;2*+1/p-2/t7-,8-,10-,11+,12+,13-,14?,15-,16-;;/m1../s1. The minimum Gasteiger partial charge on any atom is -0.756 e. The molecule has 2 saturated heterocycles. The van der Waals surface area contributed by atoms with Crippen molar-refractivity contribution in [3.8, 4) is 0 Å². The summed E-state index contributed by atoms with van der Waals surface area (Å²) in [6.45, 7) is -1.09. The SMILES string of the molecule is CC(=O)N[C@H]1[C@@H](OP(=O)([O-])OP(=O)([O-])OC[C@H]2O[C@@H](n3ccc(=O)[nH]c3=O)C(O)[C@H]2O)O[C@H](CO)[C@H](O)[C@@H]1O.[Na+].[Na+]. The van der Waals surface area contributed by atoms with Crippen molar-refractivity contribution >= 4 is 21.6 Å². The maximum Gasteiger partial charge on any atom is 1.00 e. The van der Waals surface area contributed by atoms with Crippen LogP contribution < -0.4 is 85.5 Å². The van der Waals surface area contributed by atoms with E-state index in [0.29, 0.717) is 4.57 Å². The first-order valence-corrected chi connectivity index (χ1v) is 13.9. The first-order chi connectivity index (χ1) is 18.0. The average molecular weight is 651 g/mol. The Labute approximate surface area is 274 Å². The molecule has 2 fully saturated rings. The number of aliphatic hydroxyl groups excluding tert-OH is 5. The van der Waals surface area contributed by atoms with Crippen LogP contribution in [0.4, 0.5) is 0 Å². The third-order valence-corrected chi connectivity index (χ3v) is 8.07. The number of ether oxygens (including phenoxy) is 2. The van der Waals surface area contributed by atoms with Gasteiger partial charge >= 0.3 is 64.8 Å². The molecule has 1 amide bonds. The molecule has 1 aromatic rings. The number of carbonyl (C=O) groups excluding carboxylic acids is 1. The molecule has 222 valence electrons. The van der Waals surface area contributed by atoms with Crippen molar-refractivity contribution in [1.82, 2.24) is 14.9 Å². The van der Waals surface area contributed by atoms with E-state index < -0.39 is 101 Å². The zero-order valence-corrected chi connectivity index (χ0v) is 27.5. The van der Waals surface area contributed by atoms with Crippen molar-refractivity contribution in [2.75, 3.05) is 13.2 Å². The van der Waals surface area contributed by atoms with Gasteiger partial charge in [0.2, 0.25) is 5.91 Å². The number of hydrogen-bond donors (Lipinski definition) is 7. The Bertz CT molecular complexity index is 1250. The molecule has 41 heavy (non-hydrogen) atoms. The fourth-order valence-corrected chi connectivity index (χ4v) is 5.83. The van der Waals surface area contributed by atoms with Gasteiger partial charge in [-0.25, -0.2) is 9.11 Å². The van der Waals surface area contributed by atoms with Crippen LogP contribution in [0.15, 0.2) is 21.9 Å². The van der Waals surface area contributed by atoms with E-state index in [9.17, 15) is 58.8 Å². The Kier molecular flexibility index (Phi) is 15.2. The van der Waals surface area contributed by atoms with Crippen molar-refractivity contribution < 1.29 is 131 Å². The molecule has 0 radical (unpaired) electrons. The van der Waals surface area contributed by atoms with Gasteiger partial charge in [0.1, 0.15) is 42.7 Å². The summed E-state index contributed by atoms with van der Waals surface area (Å²) in [6, 6.07) is -0.844. The van der Waals surface area contributed by atoms with E-state index in [1.165, 1.54) is 0 Å². The second-order valence-electron chi connectivity index (χ2n) is 8.37. The number of aromatic nitrogens is 2. The summed E-state index contributed by atoms with van der Waals surface area (Å²) in [5.74, 6) is -0.829. The van der Waals surface area contributed by atoms with E-state index in [1.54, 1.807) is 0 Å². The van der Waals surface area contributed by atoms with Gasteiger partial charge < -0.3 is 54.6 Å². The molecule has 24 heteroatoms. The summed E-state index contributed by atoms with van der Waals surface area (Å²) < 4.78 is 48.2. The van der Waals surface area contributed by atoms with Gasteiger partial charge in [-0.1, -0.05) is 0 Å². The van der Waals surface area contributed by atoms with Gasteiger partial charge in [0.15, 0.2) is 12.5 Å². The van der Waals surface area contributed by atoms with Crippen LogP contribution >= 0.6 is 15.6 Å². The van der Waals surface area contributed by atoms with Crippen LogP contribution in [0.5, 0.6) is 0 Å². The third kappa shape index (κ3) is 10.1. The Morgan fingerprint density at radius 1 is 1.05 bits per heavy atom. The molecule has 3 unspecified atom stereocenters. The van der Waals surface area contributed by atoms with Crippen LogP contribution in [0.3, 0.4) is 0 Å². The van der Waals surface area contributed by atoms with E-state index in [0.717, 1.165) is 19.2 Å². The number of aliphatic hydroxyl groups is 5. The van der Waals surface area contributed by atoms with Crippen LogP contribution in [0.1, 0.15) is 13.2 Å². The molecule has 2 aliphatic rings. The Balaban J connectivity index is 0.00000420. The molecule has 2 aliphatic heterocycles. The van der Waals surface area contributed by atoms with Crippen molar-refractivity contribution in [3.63, 3.8) is 0 Å². The molecular weight excluding hydrogens is 626 g/mol. The number of hydrogen-bond acceptors (Lipinski definition) is 17. The summed E-state index contributed by atoms with van der Waals surface area (Å²) in [4.78, 5) is 60.9. The quantitative estimate of drug-likeness (QED) is 0.0912. The van der Waals surface area contributed by atoms with Crippen LogP contribution in [0.25, 0.3) is 0 Å². The molecule has 0 aromatic carbocycles. The number of phosphoric acid groups is 2. The summed E-state index contributed by atoms with van der Waals surface area (Å²) in [5.41, 5.74) is -1.79. The summed E-state index contributed by atoms with van der Waals surface area (Å²) in [6.07, 6.45) is -13.4. The first kappa shape index (κ1) is 39.2. The van der Waals surface area contributed by atoms with E-state index >= 15 is 0 Å². The van der Waals surface area contributed by atoms with Crippen molar-refractivity contribution in [2.45, 2.75) is 62.1 Å². The molecular formula is C17H25N3Na2O17P2. The molecule has 1 aromatic heterocycles. The molecule has 7 N–H and O–H groups in total. The first-order valence-electron chi connectivity index (χ1n) is 10.9. The minimum absolute atomic E-state index is 0. The van der Waals surface area contributed by atoms with Gasteiger partial charge in [0, 0.05) is 19.2 Å². The maximum absolute atomic E-state index is 12.3. The van der Waals surface area contributed by atoms with E-state index in [4.69, 9.17) is 9.47 Å². The van der Waals surface area contributed by atoms with Gasteiger partial charge in [-0.15, -0.1) is 0 Å². The Morgan fingerprint density at radius 3 is 2.22 bits per heavy atom. The van der Waals surface area contributed by atoms with Crippen LogP contribution in [-0.2, 0) is 36.8 Å². The predicted octanol–water partition coefficient (Wildman–Crippen LogP) is -11.9. The molecule has 3 rings (SSSR count). The number of amides is 1. The second-order valence-corrected chi connectivity index (χ2v) is 11.3. The zero-order chi connectivity index (χ0) is 29.3. The second kappa shape index (κ2) is 15.9. The van der Waals surface area contributed by atoms with Gasteiger partial charge in [-0.2, -0.15) is 0 Å². The number of aromatic amines is 1. The van der Waals surface area contributed by atoms with E-state index in [-0.39, 0.29) is 59.1 Å². The zero-order valence-electron chi connectivity index (χ0n) is 21.7. The number of nitrogens with one attached hydrogen (secondary N) is 2. The normalized spacial score (nSPS) is 34.4. The maximum atomic E-state index is 12.3. The Hall–Kier alpha value is 0.130. The predicted molar refractivity (Wildman–Crippen MR) is 116 cm³/mol. The van der Waals surface area contributed by atoms with E-state index in [2.05, 4.69) is 18.7 Å². The fourth-order valence-electron chi connectivity index (χ4n) is 3.74. The van der Waals surface area contributed by atoms with Gasteiger partial charge in [0.05, 0.1) is 13.2 Å². The molecule has 20 nitrogen and oxygen atoms in total. The van der Waals surface area contributed by atoms with Gasteiger partial charge in [-0.3, -0.25) is 32.8 Å². The Morgan fingerprint density at radius 2 is 1.66 bits per heavy atom. The molecule has 0 spiro atoms. The molecule has 0 aliphatic carbocycles. The molecule has 3 heterocycles. The third-order valence-electron chi connectivity index (χ3n) is 5.54. The topological polar surface area (TPSA) is 312 Å². The molecule has 0 bridgehead atoms. The van der Waals surface area contributed by atoms with Gasteiger partial charge in [0.25, 0.3) is 21.2 Å². The van der Waals surface area contributed by atoms with Crippen molar-refractivity contribution in [1.29, 1.82) is 0 Å². The van der Waals surface area contributed by atoms with Crippen molar-refractivity contribution in [2.24, 2.45) is 0 Å². The molecule has 11 atom stereocenters. The summed E-state index contributed by atoms with van der Waals surface area (Å²) in [7, 11) is -11.8. The number of rotatable bonds is 10. The number of nitrogens with zero attached hydrogens (tertiary/aromatic N) is 1. The number of H-pyrrole nitrogens is 1. The van der Waals surface area contributed by atoms with Crippen LogP contribution in [0.2, 0.25) is 0 Å². The van der Waals surface area contributed by atoms with Crippen LogP contribution in [0, 0.1) is 0 Å². The number of carbonyl (C=O) groups is 1. The minimum atomic E-state index is -5.94. The monoisotopic (exact) mass is 651 g/mol. The smallest absolute Gasteiger partial charge is 0.756 e. The van der Waals surface area contributed by atoms with Crippen molar-refractivity contribution in [3.05, 3.63) is 33.1 Å². The van der Waals surface area contributed by atoms with Gasteiger partial charge in [-0.05, 0) is 0 Å². The summed E-state index contributed by atoms with van der Waals surface area (Å²) in [5, 5.41) is 51.7. The average Bonchev–Trinajstić information content (AvgIpc) is 3.10.